The Balaban J connectivity index is 4.23. The highest BCUT2D eigenvalue weighted by Crippen LogP contribution is 2.04. The van der Waals surface area contributed by atoms with Crippen molar-refractivity contribution in [2.75, 3.05) is 78.2 Å². The number of hydrogen-bond donors (Lipinski definition) is 11. The van der Waals surface area contributed by atoms with Gasteiger partial charge in [0, 0.05) is 45.3 Å². The minimum Gasteiger partial charge on any atom is -0.480 e. The standard InChI is InChI=1S/C36H61N7O19S2/c1-2-27(44)37-12-4-3-6-24(33(50)51)41-31(48)22-61-19-18-60-16-14-39-29(46)10-8-25(34(52)53)40-30(47)11-9-26(35(54)55)42-32(49)23-62-20-17-59-15-13-38-28(45)7-5-21-64(57,58)43-36(56)63/h24-26H,2-23H2,1H3,(H,37,44)(H,38,45)(H,39,46)(H,40,47)(H,41,48)(H,42,49)(H,50,51)(H,52,53)(H,54,55)(H2,43,56,63). The van der Waals surface area contributed by atoms with E-state index in [1.807, 2.05) is 0 Å². The van der Waals surface area contributed by atoms with E-state index >= 15 is 0 Å². The number of rotatable bonds is 39. The van der Waals surface area contributed by atoms with Crippen molar-refractivity contribution >= 4 is 81.2 Å². The molecule has 0 rings (SSSR count). The first-order valence-corrected chi connectivity index (χ1v) is 22.3. The molecule has 0 aromatic carbocycles. The van der Waals surface area contributed by atoms with Crippen molar-refractivity contribution in [1.82, 2.24) is 36.6 Å². The highest BCUT2D eigenvalue weighted by molar-refractivity contribution is 7.99. The number of amides is 7. The summed E-state index contributed by atoms with van der Waals surface area (Å²) >= 11 is 3.31. The number of unbranched alkanes of at least 4 members (excludes halogenated alkanes) is 1. The number of nitrogens with one attached hydrogen (secondary N) is 7. The maximum absolute atomic E-state index is 12.4. The van der Waals surface area contributed by atoms with Crippen LogP contribution in [0.1, 0.15) is 71.1 Å². The van der Waals surface area contributed by atoms with Crippen LogP contribution in [0.4, 0.5) is 4.79 Å². The zero-order chi connectivity index (χ0) is 48.3. The minimum absolute atomic E-state index is 0.00164. The molecule has 0 aliphatic carbocycles. The molecule has 7 amide bonds. The molecule has 3 unspecified atom stereocenters. The smallest absolute Gasteiger partial charge is 0.326 e. The van der Waals surface area contributed by atoms with Gasteiger partial charge in [-0.3, -0.25) is 33.6 Å². The van der Waals surface area contributed by atoms with Gasteiger partial charge in [-0.15, -0.1) is 0 Å². The normalized spacial score (nSPS) is 12.4. The first-order valence-electron chi connectivity index (χ1n) is 20.2. The van der Waals surface area contributed by atoms with Gasteiger partial charge in [-0.25, -0.2) is 27.5 Å². The van der Waals surface area contributed by atoms with Gasteiger partial charge in [0.05, 0.1) is 45.4 Å². The van der Waals surface area contributed by atoms with Crippen LogP contribution >= 0.6 is 12.6 Å². The largest absolute Gasteiger partial charge is 0.480 e. The average Bonchev–Trinajstić information content (AvgIpc) is 3.21. The third-order valence-corrected chi connectivity index (χ3v) is 9.78. The van der Waals surface area contributed by atoms with Gasteiger partial charge in [0.25, 0.3) is 5.24 Å². The van der Waals surface area contributed by atoms with Crippen LogP contribution in [-0.2, 0) is 72.1 Å². The van der Waals surface area contributed by atoms with Gasteiger partial charge in [-0.05, 0) is 38.5 Å². The fourth-order valence-electron chi connectivity index (χ4n) is 4.97. The van der Waals surface area contributed by atoms with E-state index in [0.717, 1.165) is 0 Å². The molecule has 64 heavy (non-hydrogen) atoms. The molecule has 26 nitrogen and oxygen atoms in total. The maximum atomic E-state index is 12.4. The van der Waals surface area contributed by atoms with E-state index in [9.17, 15) is 71.7 Å². The molecular formula is C36H61N7O19S2. The number of ether oxygens (including phenoxy) is 4. The number of carboxylic acids is 3. The fourth-order valence-corrected chi connectivity index (χ4v) is 6.28. The topological polar surface area (TPSA) is 387 Å². The number of aliphatic carboxylic acids is 3. The zero-order valence-electron chi connectivity index (χ0n) is 35.5. The highest BCUT2D eigenvalue weighted by atomic mass is 32.2. The maximum Gasteiger partial charge on any atom is 0.326 e. The van der Waals surface area contributed by atoms with Gasteiger partial charge < -0.3 is 66.2 Å². The third-order valence-electron chi connectivity index (χ3n) is 8.19. The van der Waals surface area contributed by atoms with Gasteiger partial charge in [0.15, 0.2) is 0 Å². The third kappa shape index (κ3) is 33.4. The van der Waals surface area contributed by atoms with Gasteiger partial charge >= 0.3 is 17.9 Å². The van der Waals surface area contributed by atoms with Crippen LogP contribution in [0.3, 0.4) is 0 Å². The minimum atomic E-state index is -3.88. The van der Waals surface area contributed by atoms with Crippen molar-refractivity contribution in [3.05, 3.63) is 0 Å². The Labute approximate surface area is 375 Å². The monoisotopic (exact) mass is 959 g/mol. The molecule has 0 fully saturated rings. The number of sulfonamides is 1. The van der Waals surface area contributed by atoms with Crippen LogP contribution in [0.15, 0.2) is 0 Å². The van der Waals surface area contributed by atoms with Crippen molar-refractivity contribution in [2.45, 2.75) is 89.3 Å². The van der Waals surface area contributed by atoms with E-state index in [4.69, 9.17) is 18.9 Å². The van der Waals surface area contributed by atoms with Crippen LogP contribution in [0.5, 0.6) is 0 Å². The van der Waals surface area contributed by atoms with Crippen LogP contribution in [0.25, 0.3) is 0 Å². The predicted octanol–water partition coefficient (Wildman–Crippen LogP) is -3.00. The van der Waals surface area contributed by atoms with E-state index < -0.39 is 113 Å². The molecule has 0 bridgehead atoms. The second kappa shape index (κ2) is 35.2. The lowest BCUT2D eigenvalue weighted by Crippen LogP contribution is -2.45. The quantitative estimate of drug-likeness (QED) is 0.0216. The molecule has 0 radical (unpaired) electrons. The number of hydrogen-bond acceptors (Lipinski definition) is 16. The summed E-state index contributed by atoms with van der Waals surface area (Å²) in [6, 6.07) is -4.11. The Kier molecular flexibility index (Phi) is 32.4. The highest BCUT2D eigenvalue weighted by Gasteiger charge is 2.25. The van der Waals surface area contributed by atoms with Crippen molar-refractivity contribution in [2.24, 2.45) is 0 Å². The first-order chi connectivity index (χ1) is 30.3. The lowest BCUT2D eigenvalue weighted by Gasteiger charge is -2.17. The van der Waals surface area contributed by atoms with Crippen molar-refractivity contribution in [3.63, 3.8) is 0 Å². The molecule has 0 heterocycles. The van der Waals surface area contributed by atoms with E-state index in [1.165, 1.54) is 0 Å². The van der Waals surface area contributed by atoms with Gasteiger partial charge in [-0.1, -0.05) is 19.6 Å². The summed E-state index contributed by atoms with van der Waals surface area (Å²) in [6.07, 6.45) is -0.104. The van der Waals surface area contributed by atoms with E-state index in [-0.39, 0.29) is 90.7 Å². The van der Waals surface area contributed by atoms with Crippen LogP contribution in [0.2, 0.25) is 0 Å². The molecule has 0 aliphatic rings. The number of carbonyl (C=O) groups excluding carboxylic acids is 7. The summed E-state index contributed by atoms with van der Waals surface area (Å²) in [5, 5.41) is 41.8. The van der Waals surface area contributed by atoms with Crippen LogP contribution < -0.4 is 36.6 Å². The lowest BCUT2D eigenvalue weighted by atomic mass is 10.1. The van der Waals surface area contributed by atoms with Crippen molar-refractivity contribution < 1.29 is 90.6 Å². The number of carbonyl (C=O) groups is 10. The molecule has 0 spiro atoms. The Morgan fingerprint density at radius 1 is 0.500 bits per heavy atom. The van der Waals surface area contributed by atoms with E-state index in [0.29, 0.717) is 25.8 Å². The molecule has 10 N–H and O–H groups in total. The van der Waals surface area contributed by atoms with Gasteiger partial charge in [-0.2, -0.15) is 0 Å². The van der Waals surface area contributed by atoms with Gasteiger partial charge in [0.2, 0.25) is 45.5 Å². The fraction of sp³-hybridized carbons (Fsp3) is 0.722. The Bertz CT molecular complexity index is 1640. The summed E-state index contributed by atoms with van der Waals surface area (Å²) in [6.45, 7) is 1.32. The average molecular weight is 960 g/mol. The molecule has 366 valence electrons. The predicted molar refractivity (Wildman–Crippen MR) is 224 cm³/mol. The second-order valence-corrected chi connectivity index (χ2v) is 15.8. The molecule has 0 saturated carbocycles. The first kappa shape index (κ1) is 58.8. The number of carboxylic acid groups (broad SMARTS) is 3. The van der Waals surface area contributed by atoms with Crippen molar-refractivity contribution in [1.29, 1.82) is 0 Å². The van der Waals surface area contributed by atoms with Gasteiger partial charge in [0.1, 0.15) is 31.3 Å². The molecule has 0 aromatic heterocycles. The van der Waals surface area contributed by atoms with E-state index in [1.54, 1.807) is 11.6 Å². The molecule has 0 saturated heterocycles. The van der Waals surface area contributed by atoms with Crippen molar-refractivity contribution in [3.8, 4) is 0 Å². The SMILES string of the molecule is CCC(=O)NCCCCC(NC(=O)COCCOCCNC(=O)CCC(NC(=O)CCC(NC(=O)COCCOCCNC(=O)CCCS(=O)(=O)NC(=O)S)C(=O)O)C(=O)O)C(=O)O. The Morgan fingerprint density at radius 2 is 0.922 bits per heavy atom. The molecule has 0 aliphatic heterocycles. The summed E-state index contributed by atoms with van der Waals surface area (Å²) in [7, 11) is -3.88. The summed E-state index contributed by atoms with van der Waals surface area (Å²) < 4.78 is 45.5. The lowest BCUT2D eigenvalue weighted by molar-refractivity contribution is -0.144. The molecule has 28 heteroatoms. The van der Waals surface area contributed by atoms with Crippen LogP contribution in [-0.4, -0.2) is 179 Å². The summed E-state index contributed by atoms with van der Waals surface area (Å²) in [5.41, 5.74) is 0. The Morgan fingerprint density at radius 3 is 1.39 bits per heavy atom. The van der Waals surface area contributed by atoms with Crippen LogP contribution in [0, 0.1) is 0 Å². The molecular weight excluding hydrogens is 899 g/mol. The van der Waals surface area contributed by atoms with E-state index in [2.05, 4.69) is 44.5 Å². The Hall–Kier alpha value is -5.16. The molecule has 0 aromatic rings. The summed E-state index contributed by atoms with van der Waals surface area (Å²) in [5.74, 6) is -7.96. The zero-order valence-corrected chi connectivity index (χ0v) is 37.2. The molecule has 3 atom stereocenters. The number of thiol groups is 1. The second-order valence-electron chi connectivity index (χ2n) is 13.5. The summed E-state index contributed by atoms with van der Waals surface area (Å²) in [4.78, 5) is 117.